The number of nitrogens with one attached hydrogen (secondary N) is 2. The van der Waals surface area contributed by atoms with Crippen LogP contribution in [0, 0.1) is 0 Å². The number of aromatic nitrogens is 1. The van der Waals surface area contributed by atoms with Gasteiger partial charge in [-0.3, -0.25) is 14.6 Å². The Morgan fingerprint density at radius 3 is 2.39 bits per heavy atom. The highest BCUT2D eigenvalue weighted by Crippen LogP contribution is 2.25. The maximum absolute atomic E-state index is 12.9. The number of hydrogen-bond acceptors (Lipinski definition) is 4. The normalized spacial score (nSPS) is 14.1. The van der Waals surface area contributed by atoms with Crippen LogP contribution in [0.25, 0.3) is 0 Å². The molecule has 0 aliphatic carbocycles. The van der Waals surface area contributed by atoms with Crippen molar-refractivity contribution < 1.29 is 9.59 Å². The molecule has 1 fully saturated rings. The summed E-state index contributed by atoms with van der Waals surface area (Å²) in [5.74, 6) is -0.318. The van der Waals surface area contributed by atoms with Gasteiger partial charge >= 0.3 is 0 Å². The molecule has 8 heteroatoms. The highest BCUT2D eigenvalue weighted by atomic mass is 35.5. The van der Waals surface area contributed by atoms with Gasteiger partial charge in [0.1, 0.15) is 0 Å². The standard InChI is InChI=1S/C25H24Cl2N4O2/c26-18-5-6-20(22(27)15-18)25(33)30-19-9-13-31(14-10-19)23-4-2-1-3-21(23)24(32)29-16-17-7-11-28-12-8-17/h1-8,11-12,15,19H,9-10,13-14,16H2,(H,29,32)(H,30,33). The van der Waals surface area contributed by atoms with Crippen molar-refractivity contribution in [2.24, 2.45) is 0 Å². The lowest BCUT2D eigenvalue weighted by atomic mass is 10.0. The number of piperidine rings is 1. The molecule has 0 spiro atoms. The van der Waals surface area contributed by atoms with Crippen LogP contribution in [0.4, 0.5) is 5.69 Å². The summed E-state index contributed by atoms with van der Waals surface area (Å²) in [4.78, 5) is 31.7. The van der Waals surface area contributed by atoms with Crippen LogP contribution in [0.3, 0.4) is 0 Å². The van der Waals surface area contributed by atoms with E-state index < -0.39 is 0 Å². The molecule has 6 nitrogen and oxygen atoms in total. The summed E-state index contributed by atoms with van der Waals surface area (Å²) >= 11 is 12.1. The van der Waals surface area contributed by atoms with E-state index in [1.807, 2.05) is 36.4 Å². The Morgan fingerprint density at radius 2 is 1.67 bits per heavy atom. The molecular formula is C25H24Cl2N4O2. The molecule has 33 heavy (non-hydrogen) atoms. The molecule has 1 saturated heterocycles. The Bertz CT molecular complexity index is 1130. The largest absolute Gasteiger partial charge is 0.371 e. The molecule has 0 bridgehead atoms. The predicted molar refractivity (Wildman–Crippen MR) is 131 cm³/mol. The van der Waals surface area contributed by atoms with Crippen molar-refractivity contribution in [3.8, 4) is 0 Å². The summed E-state index contributed by atoms with van der Waals surface area (Å²) in [6, 6.07) is 16.3. The van der Waals surface area contributed by atoms with Crippen LogP contribution in [0.1, 0.15) is 39.1 Å². The first-order valence-corrected chi connectivity index (χ1v) is 11.5. The van der Waals surface area contributed by atoms with Crippen LogP contribution in [0.2, 0.25) is 10.0 Å². The summed E-state index contributed by atoms with van der Waals surface area (Å²) < 4.78 is 0. The van der Waals surface area contributed by atoms with Crippen LogP contribution in [0.15, 0.2) is 67.0 Å². The van der Waals surface area contributed by atoms with E-state index in [2.05, 4.69) is 20.5 Å². The number of carbonyl (C=O) groups is 2. The van der Waals surface area contributed by atoms with Gasteiger partial charge in [0.15, 0.2) is 0 Å². The van der Waals surface area contributed by atoms with Crippen LogP contribution < -0.4 is 15.5 Å². The zero-order chi connectivity index (χ0) is 23.2. The van der Waals surface area contributed by atoms with E-state index >= 15 is 0 Å². The molecule has 170 valence electrons. The second kappa shape index (κ2) is 10.7. The van der Waals surface area contributed by atoms with Crippen LogP contribution >= 0.6 is 23.2 Å². The summed E-state index contributed by atoms with van der Waals surface area (Å²) in [7, 11) is 0. The van der Waals surface area contributed by atoms with Crippen molar-refractivity contribution in [3.63, 3.8) is 0 Å². The summed E-state index contributed by atoms with van der Waals surface area (Å²) in [6.45, 7) is 1.90. The minimum absolute atomic E-state index is 0.0353. The van der Waals surface area contributed by atoms with Crippen molar-refractivity contribution in [2.45, 2.75) is 25.4 Å². The van der Waals surface area contributed by atoms with Crippen molar-refractivity contribution in [1.82, 2.24) is 15.6 Å². The van der Waals surface area contributed by atoms with Crippen molar-refractivity contribution in [1.29, 1.82) is 0 Å². The highest BCUT2D eigenvalue weighted by molar-refractivity contribution is 6.36. The van der Waals surface area contributed by atoms with Gasteiger partial charge in [0.25, 0.3) is 11.8 Å². The molecule has 0 radical (unpaired) electrons. The van der Waals surface area contributed by atoms with Gasteiger partial charge in [-0.05, 0) is 60.9 Å². The van der Waals surface area contributed by atoms with Gasteiger partial charge in [0.2, 0.25) is 0 Å². The third kappa shape index (κ3) is 5.83. The molecular weight excluding hydrogens is 459 g/mol. The number of halogens is 2. The van der Waals surface area contributed by atoms with Crippen LogP contribution in [0.5, 0.6) is 0 Å². The van der Waals surface area contributed by atoms with Gasteiger partial charge in [0, 0.05) is 48.8 Å². The van der Waals surface area contributed by atoms with Crippen LogP contribution in [-0.4, -0.2) is 35.9 Å². The lowest BCUT2D eigenvalue weighted by Crippen LogP contribution is -2.45. The zero-order valence-corrected chi connectivity index (χ0v) is 19.4. The number of para-hydroxylation sites is 1. The minimum Gasteiger partial charge on any atom is -0.371 e. The molecule has 0 saturated carbocycles. The van der Waals surface area contributed by atoms with Crippen molar-refractivity contribution >= 4 is 40.7 Å². The lowest BCUT2D eigenvalue weighted by Gasteiger charge is -2.35. The Morgan fingerprint density at radius 1 is 0.939 bits per heavy atom. The molecule has 1 aromatic heterocycles. The molecule has 0 unspecified atom stereocenters. The van der Waals surface area contributed by atoms with Gasteiger partial charge in [-0.2, -0.15) is 0 Å². The first-order valence-electron chi connectivity index (χ1n) is 10.8. The molecule has 2 aromatic carbocycles. The SMILES string of the molecule is O=C(NC1CCN(c2ccccc2C(=O)NCc2ccncc2)CC1)c1ccc(Cl)cc1Cl. The number of carbonyl (C=O) groups excluding carboxylic acids is 2. The number of anilines is 1. The van der Waals surface area contributed by atoms with E-state index in [9.17, 15) is 9.59 Å². The van der Waals surface area contributed by atoms with E-state index in [-0.39, 0.29) is 17.9 Å². The van der Waals surface area contributed by atoms with Gasteiger partial charge < -0.3 is 15.5 Å². The number of amides is 2. The fourth-order valence-electron chi connectivity index (χ4n) is 3.92. The van der Waals surface area contributed by atoms with Crippen LogP contribution in [-0.2, 0) is 6.54 Å². The third-order valence-corrected chi connectivity index (χ3v) is 6.25. The van der Waals surface area contributed by atoms with E-state index in [4.69, 9.17) is 23.2 Å². The first kappa shape index (κ1) is 23.1. The quantitative estimate of drug-likeness (QED) is 0.533. The molecule has 0 atom stereocenters. The Kier molecular flexibility index (Phi) is 7.47. The van der Waals surface area contributed by atoms with Gasteiger partial charge in [-0.1, -0.05) is 35.3 Å². The Balaban J connectivity index is 1.36. The predicted octanol–water partition coefficient (Wildman–Crippen LogP) is 4.72. The first-order chi connectivity index (χ1) is 16.0. The summed E-state index contributed by atoms with van der Waals surface area (Å²) in [5.41, 5.74) is 2.95. The third-order valence-electron chi connectivity index (χ3n) is 5.70. The molecule has 4 rings (SSSR count). The molecule has 1 aliphatic rings. The maximum Gasteiger partial charge on any atom is 0.253 e. The Hall–Kier alpha value is -3.09. The van der Waals surface area contributed by atoms with E-state index in [0.29, 0.717) is 27.7 Å². The number of hydrogen-bond donors (Lipinski definition) is 2. The molecule has 2 N–H and O–H groups in total. The van der Waals surface area contributed by atoms with Gasteiger partial charge in [0.05, 0.1) is 16.1 Å². The monoisotopic (exact) mass is 482 g/mol. The van der Waals surface area contributed by atoms with Gasteiger partial charge in [-0.15, -0.1) is 0 Å². The Labute approximate surface area is 202 Å². The zero-order valence-electron chi connectivity index (χ0n) is 17.9. The van der Waals surface area contributed by atoms with E-state index in [1.165, 1.54) is 0 Å². The topological polar surface area (TPSA) is 74.3 Å². The molecule has 2 amide bonds. The average molecular weight is 483 g/mol. The minimum atomic E-state index is -0.203. The van der Waals surface area contributed by atoms with E-state index in [0.717, 1.165) is 37.2 Å². The smallest absolute Gasteiger partial charge is 0.253 e. The second-order valence-corrected chi connectivity index (χ2v) is 8.76. The fraction of sp³-hybridized carbons (Fsp3) is 0.240. The summed E-state index contributed by atoms with van der Waals surface area (Å²) in [6.07, 6.45) is 4.95. The van der Waals surface area contributed by atoms with Crippen molar-refractivity contribution in [2.75, 3.05) is 18.0 Å². The number of nitrogens with zero attached hydrogens (tertiary/aromatic N) is 2. The molecule has 2 heterocycles. The van der Waals surface area contributed by atoms with Crippen molar-refractivity contribution in [3.05, 3.63) is 93.7 Å². The summed E-state index contributed by atoms with van der Waals surface area (Å²) in [5, 5.41) is 6.88. The number of pyridine rings is 1. The molecule has 3 aromatic rings. The lowest BCUT2D eigenvalue weighted by molar-refractivity contribution is 0.0929. The second-order valence-electron chi connectivity index (χ2n) is 7.91. The highest BCUT2D eigenvalue weighted by Gasteiger charge is 2.24. The average Bonchev–Trinajstić information content (AvgIpc) is 2.83. The maximum atomic E-state index is 12.9. The number of benzene rings is 2. The molecule has 1 aliphatic heterocycles. The number of rotatable bonds is 6. The van der Waals surface area contributed by atoms with Gasteiger partial charge in [-0.25, -0.2) is 0 Å². The fourth-order valence-corrected chi connectivity index (χ4v) is 4.42. The van der Waals surface area contributed by atoms with E-state index in [1.54, 1.807) is 30.6 Å².